The van der Waals surface area contributed by atoms with E-state index in [9.17, 15) is 19.2 Å². The molecule has 2 aromatic heterocycles. The highest BCUT2D eigenvalue weighted by Crippen LogP contribution is 2.43. The fourth-order valence-corrected chi connectivity index (χ4v) is 8.01. The van der Waals surface area contributed by atoms with Crippen LogP contribution in [-0.4, -0.2) is 61.7 Å². The van der Waals surface area contributed by atoms with Gasteiger partial charge in [-0.2, -0.15) is 0 Å². The normalized spacial score (nSPS) is 18.2. The van der Waals surface area contributed by atoms with Crippen molar-refractivity contribution in [3.8, 4) is 23.8 Å². The summed E-state index contributed by atoms with van der Waals surface area (Å²) in [6, 6.07) is 7.42. The minimum Gasteiger partial charge on any atom is -0.461 e. The summed E-state index contributed by atoms with van der Waals surface area (Å²) in [6.07, 6.45) is 5.54. The Bertz CT molecular complexity index is 2300. The number of ether oxygens (including phenoxy) is 5. The predicted molar refractivity (Wildman–Crippen MR) is 211 cm³/mol. The van der Waals surface area contributed by atoms with Crippen LogP contribution in [0.15, 0.2) is 30.6 Å². The highest BCUT2D eigenvalue weighted by Gasteiger charge is 2.53. The first-order valence-corrected chi connectivity index (χ1v) is 18.6. The van der Waals surface area contributed by atoms with Gasteiger partial charge in [0.05, 0.1) is 19.2 Å². The number of carbonyl (C=O) groups excluding carboxylic acids is 4. The minimum absolute atomic E-state index is 0.0460. The third-order valence-electron chi connectivity index (χ3n) is 10.0. The van der Waals surface area contributed by atoms with E-state index < -0.39 is 59.2 Å². The van der Waals surface area contributed by atoms with Crippen molar-refractivity contribution in [2.75, 3.05) is 12.3 Å². The number of nitrogens with two attached hydrogens (primary N) is 1. The SMILES string of the molecule is C#C[C@]1(COC(=O)CC(C)(C)c2c(C)cc(C)cc2OC(C)=O)O[C@@H](n2cnc3c(N)nc(C)nc32)C[C@@H]1OC(=O)CC(C)(C)c1c(C)cc(C)cc1OC(C)=O. The Balaban J connectivity index is 1.45. The van der Waals surface area contributed by atoms with E-state index in [2.05, 4.69) is 20.9 Å². The molecule has 14 nitrogen and oxygen atoms in total. The maximum atomic E-state index is 14.0. The standard InChI is InChI=1S/C43H51N5O9/c1-13-43(21-53-34(51)19-41(9,10)36-25(4)14-23(2)16-30(36)54-28(7)49)32(18-33(57-43)48-22-45-38-39(44)46-27(6)47-40(38)48)56-35(52)20-42(11,12)37-26(5)15-24(3)17-31(37)55-29(8)50/h1,14-17,22,32-33H,18-21H2,2-12H3,(H2,44,46,47)/t32-,33+,43+/m0/s1. The smallest absolute Gasteiger partial charge is 0.308 e. The van der Waals surface area contributed by atoms with E-state index in [1.807, 2.05) is 67.5 Å². The van der Waals surface area contributed by atoms with E-state index in [-0.39, 0.29) is 25.1 Å². The molecule has 57 heavy (non-hydrogen) atoms. The number of terminal acetylenes is 1. The average Bonchev–Trinajstić information content (AvgIpc) is 3.63. The van der Waals surface area contributed by atoms with Gasteiger partial charge in [-0.15, -0.1) is 6.42 Å². The van der Waals surface area contributed by atoms with Crippen LogP contribution < -0.4 is 15.2 Å². The summed E-state index contributed by atoms with van der Waals surface area (Å²) in [5, 5.41) is 0. The topological polar surface area (TPSA) is 184 Å². The maximum Gasteiger partial charge on any atom is 0.308 e. The second-order valence-electron chi connectivity index (χ2n) is 16.2. The molecule has 2 N–H and O–H groups in total. The second-order valence-corrected chi connectivity index (χ2v) is 16.2. The molecule has 1 aliphatic rings. The van der Waals surface area contributed by atoms with Crippen LogP contribution in [0, 0.1) is 47.0 Å². The van der Waals surface area contributed by atoms with E-state index in [0.717, 1.165) is 22.3 Å². The summed E-state index contributed by atoms with van der Waals surface area (Å²) in [7, 11) is 0. The van der Waals surface area contributed by atoms with Crippen LogP contribution in [-0.2, 0) is 44.2 Å². The van der Waals surface area contributed by atoms with Gasteiger partial charge in [0.2, 0.25) is 5.60 Å². The molecular weight excluding hydrogens is 730 g/mol. The molecule has 0 bridgehead atoms. The van der Waals surface area contributed by atoms with E-state index in [1.54, 1.807) is 23.6 Å². The first kappa shape index (κ1) is 42.3. The lowest BCUT2D eigenvalue weighted by molar-refractivity contribution is -0.168. The first-order chi connectivity index (χ1) is 26.6. The summed E-state index contributed by atoms with van der Waals surface area (Å²) < 4.78 is 31.4. The molecule has 3 heterocycles. The molecule has 1 saturated heterocycles. The molecule has 14 heteroatoms. The van der Waals surface area contributed by atoms with E-state index >= 15 is 0 Å². The molecule has 5 rings (SSSR count). The second kappa shape index (κ2) is 16.0. The predicted octanol–water partition coefficient (Wildman–Crippen LogP) is 6.28. The van der Waals surface area contributed by atoms with Crippen molar-refractivity contribution in [2.45, 2.75) is 124 Å². The molecule has 1 aliphatic heterocycles. The number of fused-ring (bicyclic) bond motifs is 1. The molecule has 0 saturated carbocycles. The largest absolute Gasteiger partial charge is 0.461 e. The lowest BCUT2D eigenvalue weighted by Gasteiger charge is -2.32. The highest BCUT2D eigenvalue weighted by atomic mass is 16.6. The Labute approximate surface area is 332 Å². The quantitative estimate of drug-likeness (QED) is 0.0963. The molecule has 0 spiro atoms. The van der Waals surface area contributed by atoms with Crippen LogP contribution >= 0.6 is 0 Å². The number of aryl methyl sites for hydroxylation is 5. The number of anilines is 1. The molecule has 0 unspecified atom stereocenters. The van der Waals surface area contributed by atoms with Crippen molar-refractivity contribution in [1.29, 1.82) is 0 Å². The Morgan fingerprint density at radius 3 is 1.91 bits per heavy atom. The third kappa shape index (κ3) is 9.10. The number of nitrogens with zero attached hydrogens (tertiary/aromatic N) is 4. The van der Waals surface area contributed by atoms with Gasteiger partial charge in [-0.25, -0.2) is 15.0 Å². The van der Waals surface area contributed by atoms with Gasteiger partial charge in [-0.3, -0.25) is 23.7 Å². The van der Waals surface area contributed by atoms with Gasteiger partial charge >= 0.3 is 23.9 Å². The van der Waals surface area contributed by atoms with Gasteiger partial charge < -0.3 is 29.4 Å². The number of hydrogen-bond donors (Lipinski definition) is 1. The van der Waals surface area contributed by atoms with Crippen molar-refractivity contribution in [3.05, 3.63) is 69.8 Å². The fourth-order valence-electron chi connectivity index (χ4n) is 8.01. The van der Waals surface area contributed by atoms with Crippen LogP contribution in [0.4, 0.5) is 5.82 Å². The fraction of sp³-hybridized carbons (Fsp3) is 0.465. The van der Waals surface area contributed by atoms with Crippen molar-refractivity contribution in [1.82, 2.24) is 19.5 Å². The number of hydrogen-bond acceptors (Lipinski definition) is 13. The van der Waals surface area contributed by atoms with Gasteiger partial charge in [0, 0.05) is 42.2 Å². The number of imidazole rings is 1. The van der Waals surface area contributed by atoms with Crippen molar-refractivity contribution >= 4 is 40.9 Å². The molecule has 0 amide bonds. The molecule has 0 aliphatic carbocycles. The Morgan fingerprint density at radius 1 is 0.877 bits per heavy atom. The third-order valence-corrected chi connectivity index (χ3v) is 10.0. The lowest BCUT2D eigenvalue weighted by Crippen LogP contribution is -2.46. The molecule has 4 aromatic rings. The van der Waals surface area contributed by atoms with Gasteiger partial charge in [0.1, 0.15) is 41.8 Å². The minimum atomic E-state index is -1.74. The van der Waals surface area contributed by atoms with E-state index in [1.165, 1.54) is 20.2 Å². The van der Waals surface area contributed by atoms with Crippen LogP contribution in [0.1, 0.15) is 106 Å². The lowest BCUT2D eigenvalue weighted by atomic mass is 9.78. The van der Waals surface area contributed by atoms with Gasteiger partial charge in [-0.05, 0) is 69.0 Å². The number of esters is 4. The number of rotatable bonds is 12. The zero-order chi connectivity index (χ0) is 42.2. The zero-order valence-electron chi connectivity index (χ0n) is 34.5. The Morgan fingerprint density at radius 2 is 1.40 bits per heavy atom. The zero-order valence-corrected chi connectivity index (χ0v) is 34.5. The number of carbonyl (C=O) groups is 4. The van der Waals surface area contributed by atoms with Gasteiger partial charge in [0.25, 0.3) is 0 Å². The first-order valence-electron chi connectivity index (χ1n) is 18.6. The van der Waals surface area contributed by atoms with Crippen molar-refractivity contribution in [3.63, 3.8) is 0 Å². The van der Waals surface area contributed by atoms with E-state index in [0.29, 0.717) is 39.6 Å². The van der Waals surface area contributed by atoms with E-state index in [4.69, 9.17) is 35.8 Å². The monoisotopic (exact) mass is 781 g/mol. The Kier molecular flexibility index (Phi) is 11.9. The van der Waals surface area contributed by atoms with Gasteiger partial charge in [-0.1, -0.05) is 45.7 Å². The number of benzene rings is 2. The molecule has 0 radical (unpaired) electrons. The average molecular weight is 782 g/mol. The number of nitrogen functional groups attached to an aromatic ring is 1. The van der Waals surface area contributed by atoms with Crippen LogP contribution in [0.5, 0.6) is 11.5 Å². The Hall–Kier alpha value is -5.81. The molecule has 3 atom stereocenters. The van der Waals surface area contributed by atoms with Crippen molar-refractivity contribution < 1.29 is 42.9 Å². The van der Waals surface area contributed by atoms with Crippen LogP contribution in [0.2, 0.25) is 0 Å². The number of aromatic nitrogens is 4. The molecular formula is C43H51N5O9. The van der Waals surface area contributed by atoms with Gasteiger partial charge in [0.15, 0.2) is 11.5 Å². The summed E-state index contributed by atoms with van der Waals surface area (Å²) >= 11 is 0. The van der Waals surface area contributed by atoms with Crippen molar-refractivity contribution in [2.24, 2.45) is 0 Å². The summed E-state index contributed by atoms with van der Waals surface area (Å²) in [5.74, 6) is 1.77. The summed E-state index contributed by atoms with van der Waals surface area (Å²) in [4.78, 5) is 64.8. The van der Waals surface area contributed by atoms with Crippen LogP contribution in [0.25, 0.3) is 11.2 Å². The summed E-state index contributed by atoms with van der Waals surface area (Å²) in [5.41, 5.74) is 8.27. The summed E-state index contributed by atoms with van der Waals surface area (Å²) in [6.45, 7) is 18.9. The molecule has 2 aromatic carbocycles. The molecule has 1 fully saturated rings. The highest BCUT2D eigenvalue weighted by molar-refractivity contribution is 5.81. The molecule has 302 valence electrons. The maximum absolute atomic E-state index is 14.0. The van der Waals surface area contributed by atoms with Crippen LogP contribution in [0.3, 0.4) is 0 Å².